The zero-order valence-electron chi connectivity index (χ0n) is 8.66. The molecule has 1 aromatic rings. The Labute approximate surface area is 104 Å². The molecule has 0 saturated carbocycles. The van der Waals surface area contributed by atoms with Crippen LogP contribution in [0.15, 0.2) is 18.7 Å². The van der Waals surface area contributed by atoms with E-state index in [4.69, 9.17) is 28.6 Å². The Morgan fingerprint density at radius 3 is 3.06 bits per heavy atom. The molecule has 0 spiro atoms. The first-order valence-corrected chi connectivity index (χ1v) is 5.18. The lowest BCUT2D eigenvalue weighted by atomic mass is 10.6. The summed E-state index contributed by atoms with van der Waals surface area (Å²) in [7, 11) is 1.50. The number of nitrogens with zero attached hydrogens (tertiary/aromatic N) is 2. The summed E-state index contributed by atoms with van der Waals surface area (Å²) in [5.41, 5.74) is 0. The highest BCUT2D eigenvalue weighted by Crippen LogP contribution is 2.15. The van der Waals surface area contributed by atoms with Crippen molar-refractivity contribution in [3.05, 3.63) is 23.9 Å². The van der Waals surface area contributed by atoms with Crippen molar-refractivity contribution in [3.63, 3.8) is 0 Å². The Kier molecular flexibility index (Phi) is 4.94. The summed E-state index contributed by atoms with van der Waals surface area (Å²) in [4.78, 5) is 7.96. The first kappa shape index (κ1) is 12.7. The fourth-order valence-corrected chi connectivity index (χ4v) is 1.22. The van der Waals surface area contributed by atoms with E-state index in [1.807, 2.05) is 0 Å². The van der Waals surface area contributed by atoms with Crippen molar-refractivity contribution in [2.45, 2.75) is 0 Å². The maximum atomic E-state index is 5.77. The van der Waals surface area contributed by atoms with Crippen LogP contribution < -0.4 is 15.4 Å². The van der Waals surface area contributed by atoms with Gasteiger partial charge in [-0.2, -0.15) is 4.98 Å². The van der Waals surface area contributed by atoms with Crippen LogP contribution in [-0.4, -0.2) is 28.7 Å². The molecule has 0 saturated heterocycles. The van der Waals surface area contributed by atoms with Gasteiger partial charge in [0, 0.05) is 12.6 Å². The summed E-state index contributed by atoms with van der Waals surface area (Å²) in [6.45, 7) is 4.12. The van der Waals surface area contributed by atoms with E-state index in [2.05, 4.69) is 27.2 Å². The molecule has 0 atom stereocenters. The largest absolute Gasteiger partial charge is 0.481 e. The summed E-state index contributed by atoms with van der Waals surface area (Å²) in [6, 6.07) is 1.51. The molecule has 0 amide bonds. The minimum absolute atomic E-state index is 0.279. The number of halogens is 1. The number of methoxy groups -OCH3 is 1. The lowest BCUT2D eigenvalue weighted by Crippen LogP contribution is -2.29. The quantitative estimate of drug-likeness (QED) is 0.486. The number of thiocarbonyl (C=S) groups is 1. The molecule has 0 aliphatic heterocycles. The Hall–Kier alpha value is -1.40. The van der Waals surface area contributed by atoms with E-state index < -0.39 is 0 Å². The predicted molar refractivity (Wildman–Crippen MR) is 68.0 cm³/mol. The van der Waals surface area contributed by atoms with Gasteiger partial charge in [0.05, 0.1) is 7.11 Å². The van der Waals surface area contributed by atoms with Gasteiger partial charge in [-0.3, -0.25) is 0 Å². The number of anilines is 1. The molecule has 86 valence electrons. The van der Waals surface area contributed by atoms with Crippen LogP contribution in [0.2, 0.25) is 5.15 Å². The maximum absolute atomic E-state index is 5.77. The Morgan fingerprint density at radius 2 is 2.44 bits per heavy atom. The lowest BCUT2D eigenvalue weighted by molar-refractivity contribution is 0.397. The number of hydrogen-bond acceptors (Lipinski definition) is 4. The van der Waals surface area contributed by atoms with Gasteiger partial charge in [0.25, 0.3) is 0 Å². The number of aromatic nitrogens is 2. The Morgan fingerprint density at radius 1 is 1.69 bits per heavy atom. The van der Waals surface area contributed by atoms with Crippen LogP contribution in [0.5, 0.6) is 5.88 Å². The van der Waals surface area contributed by atoms with Gasteiger partial charge in [0.1, 0.15) is 5.15 Å². The maximum Gasteiger partial charge on any atom is 0.233 e. The number of hydrogen-bond donors (Lipinski definition) is 2. The number of nitrogens with one attached hydrogen (secondary N) is 2. The summed E-state index contributed by atoms with van der Waals surface area (Å²) < 4.78 is 4.94. The summed E-state index contributed by atoms with van der Waals surface area (Å²) >= 11 is 10.8. The third-order valence-corrected chi connectivity index (χ3v) is 1.95. The topological polar surface area (TPSA) is 59.1 Å². The van der Waals surface area contributed by atoms with E-state index in [1.165, 1.54) is 13.2 Å². The van der Waals surface area contributed by atoms with Crippen LogP contribution in [0.4, 0.5) is 5.95 Å². The molecule has 0 aliphatic rings. The van der Waals surface area contributed by atoms with Gasteiger partial charge >= 0.3 is 0 Å². The van der Waals surface area contributed by atoms with Gasteiger partial charge in [0.2, 0.25) is 11.8 Å². The van der Waals surface area contributed by atoms with Gasteiger partial charge in [0.15, 0.2) is 5.11 Å². The van der Waals surface area contributed by atoms with Crippen molar-refractivity contribution in [1.29, 1.82) is 0 Å². The fourth-order valence-electron chi connectivity index (χ4n) is 0.868. The van der Waals surface area contributed by atoms with Gasteiger partial charge < -0.3 is 15.4 Å². The van der Waals surface area contributed by atoms with Crippen molar-refractivity contribution >= 4 is 34.9 Å². The first-order valence-electron chi connectivity index (χ1n) is 4.40. The standard InChI is InChI=1S/C9H11ClN4OS/c1-3-4-11-9(16)14-8-12-6(10)5-7(13-8)15-2/h3,5H,1,4H2,2H3,(H2,11,12,13,14,16). The highest BCUT2D eigenvalue weighted by atomic mass is 35.5. The molecule has 0 aliphatic carbocycles. The molecule has 1 rings (SSSR count). The van der Waals surface area contributed by atoms with Crippen LogP contribution in [0, 0.1) is 0 Å². The van der Waals surface area contributed by atoms with Gasteiger partial charge in [-0.1, -0.05) is 17.7 Å². The smallest absolute Gasteiger partial charge is 0.233 e. The second-order valence-electron chi connectivity index (χ2n) is 2.68. The van der Waals surface area contributed by atoms with Crippen LogP contribution in [0.3, 0.4) is 0 Å². The van der Waals surface area contributed by atoms with Gasteiger partial charge in [-0.05, 0) is 12.2 Å². The van der Waals surface area contributed by atoms with Crippen LogP contribution in [0.1, 0.15) is 0 Å². The summed E-state index contributed by atoms with van der Waals surface area (Å²) in [5.74, 6) is 0.653. The number of ether oxygens (including phenoxy) is 1. The van der Waals surface area contributed by atoms with E-state index in [9.17, 15) is 0 Å². The molecule has 5 nitrogen and oxygen atoms in total. The zero-order valence-corrected chi connectivity index (χ0v) is 10.2. The average Bonchev–Trinajstić information content (AvgIpc) is 2.25. The highest BCUT2D eigenvalue weighted by Gasteiger charge is 2.04. The molecule has 0 radical (unpaired) electrons. The van der Waals surface area contributed by atoms with Crippen molar-refractivity contribution in [2.24, 2.45) is 0 Å². The lowest BCUT2D eigenvalue weighted by Gasteiger charge is -2.08. The van der Waals surface area contributed by atoms with Crippen LogP contribution in [-0.2, 0) is 0 Å². The fraction of sp³-hybridized carbons (Fsp3) is 0.222. The number of rotatable bonds is 4. The Balaban J connectivity index is 2.69. The van der Waals surface area contributed by atoms with Crippen molar-refractivity contribution in [1.82, 2.24) is 15.3 Å². The zero-order chi connectivity index (χ0) is 12.0. The summed E-state index contributed by atoms with van der Waals surface area (Å²) in [6.07, 6.45) is 1.69. The van der Waals surface area contributed by atoms with E-state index in [0.29, 0.717) is 17.5 Å². The molecular weight excluding hydrogens is 248 g/mol. The predicted octanol–water partition coefficient (Wildman–Crippen LogP) is 1.61. The molecule has 1 heterocycles. The van der Waals surface area contributed by atoms with Gasteiger partial charge in [-0.25, -0.2) is 4.98 Å². The van der Waals surface area contributed by atoms with Gasteiger partial charge in [-0.15, -0.1) is 6.58 Å². The van der Waals surface area contributed by atoms with Crippen molar-refractivity contribution < 1.29 is 4.74 Å². The van der Waals surface area contributed by atoms with Crippen LogP contribution >= 0.6 is 23.8 Å². The molecule has 7 heteroatoms. The summed E-state index contributed by atoms with van der Waals surface area (Å²) in [5, 5.41) is 6.33. The SMILES string of the molecule is C=CCNC(=S)Nc1nc(Cl)cc(OC)n1. The average molecular weight is 259 g/mol. The van der Waals surface area contributed by atoms with E-state index in [1.54, 1.807) is 6.08 Å². The van der Waals surface area contributed by atoms with Crippen molar-refractivity contribution in [3.8, 4) is 5.88 Å². The third-order valence-electron chi connectivity index (χ3n) is 1.51. The molecule has 0 aromatic carbocycles. The van der Waals surface area contributed by atoms with Crippen molar-refractivity contribution in [2.75, 3.05) is 19.0 Å². The molecule has 0 bridgehead atoms. The normalized spacial score (nSPS) is 9.38. The van der Waals surface area contributed by atoms with E-state index in [-0.39, 0.29) is 11.1 Å². The second kappa shape index (κ2) is 6.24. The van der Waals surface area contributed by atoms with E-state index >= 15 is 0 Å². The molecule has 1 aromatic heterocycles. The Bertz CT molecular complexity index is 399. The van der Waals surface area contributed by atoms with E-state index in [0.717, 1.165) is 0 Å². The second-order valence-corrected chi connectivity index (χ2v) is 3.48. The molecule has 0 fully saturated rings. The molecular formula is C9H11ClN4OS. The monoisotopic (exact) mass is 258 g/mol. The highest BCUT2D eigenvalue weighted by molar-refractivity contribution is 7.80. The first-order chi connectivity index (χ1) is 7.65. The minimum atomic E-state index is 0.279. The van der Waals surface area contributed by atoms with Crippen LogP contribution in [0.25, 0.3) is 0 Å². The third kappa shape index (κ3) is 4.00. The molecule has 2 N–H and O–H groups in total. The molecule has 0 unspecified atom stereocenters. The minimum Gasteiger partial charge on any atom is -0.481 e. The molecule has 16 heavy (non-hydrogen) atoms.